The lowest BCUT2D eigenvalue weighted by Gasteiger charge is -2.25. The van der Waals surface area contributed by atoms with Crippen molar-refractivity contribution in [1.82, 2.24) is 25.2 Å². The van der Waals surface area contributed by atoms with Crippen molar-refractivity contribution in [3.05, 3.63) is 47.0 Å². The van der Waals surface area contributed by atoms with Gasteiger partial charge in [0.1, 0.15) is 5.82 Å². The minimum absolute atomic E-state index is 0. The van der Waals surface area contributed by atoms with Crippen LogP contribution in [0.5, 0.6) is 0 Å². The predicted octanol–water partition coefficient (Wildman–Crippen LogP) is 3.05. The average Bonchev–Trinajstić information content (AvgIpc) is 3.29. The smallest absolute Gasteiger partial charge is 0.276 e. The van der Waals surface area contributed by atoms with E-state index in [2.05, 4.69) is 15.6 Å². The first kappa shape index (κ1) is 19.8. The summed E-state index contributed by atoms with van der Waals surface area (Å²) >= 11 is 0. The van der Waals surface area contributed by atoms with Crippen LogP contribution in [0.3, 0.4) is 0 Å². The SMILES string of the molecule is Cc1c(C(=O)N2CCCC2c2cccc(F)c2)nnn1C1CCNCC1.Cl. The van der Waals surface area contributed by atoms with Gasteiger partial charge in [0.25, 0.3) is 5.91 Å². The zero-order valence-corrected chi connectivity index (χ0v) is 16.2. The molecule has 2 aliphatic rings. The van der Waals surface area contributed by atoms with E-state index >= 15 is 0 Å². The Morgan fingerprint density at radius 3 is 2.78 bits per heavy atom. The van der Waals surface area contributed by atoms with E-state index in [0.717, 1.165) is 50.0 Å². The van der Waals surface area contributed by atoms with E-state index in [9.17, 15) is 9.18 Å². The highest BCUT2D eigenvalue weighted by Crippen LogP contribution is 2.33. The molecule has 8 heteroatoms. The first-order valence-electron chi connectivity index (χ1n) is 9.34. The van der Waals surface area contributed by atoms with E-state index in [4.69, 9.17) is 0 Å². The lowest BCUT2D eigenvalue weighted by molar-refractivity contribution is 0.0728. The number of piperidine rings is 1. The van der Waals surface area contributed by atoms with Gasteiger partial charge in [-0.05, 0) is 63.4 Å². The zero-order valence-electron chi connectivity index (χ0n) is 15.4. The van der Waals surface area contributed by atoms with E-state index in [1.807, 2.05) is 22.6 Å². The Kier molecular flexibility index (Phi) is 6.11. The van der Waals surface area contributed by atoms with Gasteiger partial charge in [-0.25, -0.2) is 9.07 Å². The Bertz CT molecular complexity index is 805. The normalized spacial score (nSPS) is 20.5. The fourth-order valence-corrected chi connectivity index (χ4v) is 4.14. The number of nitrogens with one attached hydrogen (secondary N) is 1. The number of carbonyl (C=O) groups is 1. The largest absolute Gasteiger partial charge is 0.330 e. The second-order valence-corrected chi connectivity index (χ2v) is 7.16. The number of carbonyl (C=O) groups excluding carboxylic acids is 1. The molecule has 0 saturated carbocycles. The zero-order chi connectivity index (χ0) is 18.1. The Morgan fingerprint density at radius 1 is 1.26 bits per heavy atom. The number of aromatic nitrogens is 3. The molecule has 1 amide bonds. The maximum Gasteiger partial charge on any atom is 0.276 e. The molecule has 0 bridgehead atoms. The van der Waals surface area contributed by atoms with E-state index in [1.54, 1.807) is 6.07 Å². The van der Waals surface area contributed by atoms with Crippen molar-refractivity contribution in [3.63, 3.8) is 0 Å². The quantitative estimate of drug-likeness (QED) is 0.870. The minimum atomic E-state index is -0.269. The van der Waals surface area contributed by atoms with Gasteiger partial charge in [0.05, 0.1) is 17.8 Å². The van der Waals surface area contributed by atoms with Crippen molar-refractivity contribution in [2.75, 3.05) is 19.6 Å². The topological polar surface area (TPSA) is 63.1 Å². The van der Waals surface area contributed by atoms with Gasteiger partial charge in [-0.1, -0.05) is 17.3 Å². The Hall–Kier alpha value is -1.99. The van der Waals surface area contributed by atoms with Gasteiger partial charge in [0, 0.05) is 6.54 Å². The molecule has 1 N–H and O–H groups in total. The molecule has 0 aliphatic carbocycles. The van der Waals surface area contributed by atoms with Gasteiger partial charge in [-0.3, -0.25) is 4.79 Å². The third kappa shape index (κ3) is 3.84. The van der Waals surface area contributed by atoms with E-state index in [-0.39, 0.29) is 30.2 Å². The summed E-state index contributed by atoms with van der Waals surface area (Å²) in [5, 5.41) is 11.8. The van der Waals surface area contributed by atoms with Gasteiger partial charge in [-0.2, -0.15) is 0 Å². The van der Waals surface area contributed by atoms with Gasteiger partial charge in [0.15, 0.2) is 5.69 Å². The van der Waals surface area contributed by atoms with Crippen molar-refractivity contribution >= 4 is 18.3 Å². The number of amides is 1. The summed E-state index contributed by atoms with van der Waals surface area (Å²) in [5.41, 5.74) is 2.10. The van der Waals surface area contributed by atoms with Crippen molar-refractivity contribution in [2.45, 2.75) is 44.7 Å². The van der Waals surface area contributed by atoms with Crippen LogP contribution in [-0.2, 0) is 0 Å². The van der Waals surface area contributed by atoms with Crippen molar-refractivity contribution in [2.24, 2.45) is 0 Å². The molecule has 6 nitrogen and oxygen atoms in total. The number of halogens is 2. The van der Waals surface area contributed by atoms with Crippen LogP contribution < -0.4 is 5.32 Å². The maximum absolute atomic E-state index is 13.6. The second kappa shape index (κ2) is 8.35. The molecule has 3 heterocycles. The molecular formula is C19H25ClFN5O. The number of nitrogens with zero attached hydrogens (tertiary/aromatic N) is 4. The van der Waals surface area contributed by atoms with Gasteiger partial charge in [0.2, 0.25) is 0 Å². The number of rotatable bonds is 3. The summed E-state index contributed by atoms with van der Waals surface area (Å²) in [5.74, 6) is -0.371. The first-order chi connectivity index (χ1) is 12.6. The van der Waals surface area contributed by atoms with Crippen LogP contribution in [0.25, 0.3) is 0 Å². The minimum Gasteiger partial charge on any atom is -0.330 e. The third-order valence-corrected chi connectivity index (χ3v) is 5.53. The Labute approximate surface area is 164 Å². The van der Waals surface area contributed by atoms with E-state index in [0.29, 0.717) is 18.3 Å². The van der Waals surface area contributed by atoms with Crippen LogP contribution in [0.15, 0.2) is 24.3 Å². The summed E-state index contributed by atoms with van der Waals surface area (Å²) in [7, 11) is 0. The molecule has 1 atom stereocenters. The van der Waals surface area contributed by atoms with E-state index < -0.39 is 0 Å². The monoisotopic (exact) mass is 393 g/mol. The van der Waals surface area contributed by atoms with Crippen molar-refractivity contribution in [3.8, 4) is 0 Å². The molecule has 146 valence electrons. The Morgan fingerprint density at radius 2 is 2.04 bits per heavy atom. The molecule has 0 spiro atoms. The first-order valence-corrected chi connectivity index (χ1v) is 9.34. The number of likely N-dealkylation sites (tertiary alicyclic amines) is 1. The molecule has 2 fully saturated rings. The Balaban J connectivity index is 0.00000210. The van der Waals surface area contributed by atoms with Crippen molar-refractivity contribution < 1.29 is 9.18 Å². The molecule has 2 aliphatic heterocycles. The second-order valence-electron chi connectivity index (χ2n) is 7.16. The maximum atomic E-state index is 13.6. The van der Waals surface area contributed by atoms with Crippen molar-refractivity contribution in [1.29, 1.82) is 0 Å². The molecule has 1 aromatic heterocycles. The molecule has 2 aromatic rings. The molecule has 2 saturated heterocycles. The standard InChI is InChI=1S/C19H24FN5O.ClH/c1-13-18(22-23-25(13)16-7-9-21-10-8-16)19(26)24-11-3-6-17(24)14-4-2-5-15(20)12-14;/h2,4-5,12,16-17,21H,3,6-11H2,1H3;1H. The van der Waals surface area contributed by atoms with Crippen LogP contribution in [-0.4, -0.2) is 45.4 Å². The highest BCUT2D eigenvalue weighted by Gasteiger charge is 2.34. The van der Waals surface area contributed by atoms with Crippen LogP contribution in [0.2, 0.25) is 0 Å². The average molecular weight is 394 g/mol. The molecule has 0 radical (unpaired) electrons. The molecule has 1 unspecified atom stereocenters. The lowest BCUT2D eigenvalue weighted by atomic mass is 10.0. The number of hydrogen-bond donors (Lipinski definition) is 1. The third-order valence-electron chi connectivity index (χ3n) is 5.53. The number of benzene rings is 1. The predicted molar refractivity (Wildman–Crippen MR) is 103 cm³/mol. The summed E-state index contributed by atoms with van der Waals surface area (Å²) < 4.78 is 15.5. The highest BCUT2D eigenvalue weighted by atomic mass is 35.5. The van der Waals surface area contributed by atoms with Gasteiger partial charge in [-0.15, -0.1) is 17.5 Å². The van der Waals surface area contributed by atoms with Crippen LogP contribution in [0, 0.1) is 12.7 Å². The fraction of sp³-hybridized carbons (Fsp3) is 0.526. The van der Waals surface area contributed by atoms with Crippen LogP contribution in [0.4, 0.5) is 4.39 Å². The van der Waals surface area contributed by atoms with Gasteiger partial charge < -0.3 is 10.2 Å². The highest BCUT2D eigenvalue weighted by molar-refractivity contribution is 5.93. The molecule has 27 heavy (non-hydrogen) atoms. The lowest BCUT2D eigenvalue weighted by Crippen LogP contribution is -2.32. The summed E-state index contributed by atoms with van der Waals surface area (Å²) in [6, 6.07) is 6.74. The fourth-order valence-electron chi connectivity index (χ4n) is 4.14. The van der Waals surface area contributed by atoms with Crippen LogP contribution >= 0.6 is 12.4 Å². The molecular weight excluding hydrogens is 369 g/mol. The van der Waals surface area contributed by atoms with E-state index in [1.165, 1.54) is 12.1 Å². The van der Waals surface area contributed by atoms with Gasteiger partial charge >= 0.3 is 0 Å². The summed E-state index contributed by atoms with van der Waals surface area (Å²) in [4.78, 5) is 15.0. The summed E-state index contributed by atoms with van der Waals surface area (Å²) in [6.07, 6.45) is 3.74. The van der Waals surface area contributed by atoms with Crippen LogP contribution in [0.1, 0.15) is 59.5 Å². The molecule has 1 aromatic carbocycles. The summed E-state index contributed by atoms with van der Waals surface area (Å²) in [6.45, 7) is 4.50. The molecule has 4 rings (SSSR count). The number of hydrogen-bond acceptors (Lipinski definition) is 4.